The number of carbonyl (C=O) groups excluding carboxylic acids is 3. The summed E-state index contributed by atoms with van der Waals surface area (Å²) in [5, 5.41) is 3.14. The minimum absolute atomic E-state index is 0.0339. The molecule has 1 heterocycles. The van der Waals surface area contributed by atoms with Crippen LogP contribution in [0.15, 0.2) is 97.1 Å². The number of amides is 3. The van der Waals surface area contributed by atoms with E-state index in [0.717, 1.165) is 47.3 Å². The second-order valence-electron chi connectivity index (χ2n) is 12.8. The van der Waals surface area contributed by atoms with E-state index >= 15 is 0 Å². The number of benzene rings is 4. The Balaban J connectivity index is 1.37. The molecule has 6 rings (SSSR count). The van der Waals surface area contributed by atoms with Crippen LogP contribution in [-0.4, -0.2) is 30.3 Å². The van der Waals surface area contributed by atoms with Gasteiger partial charge in [-0.3, -0.25) is 14.4 Å². The van der Waals surface area contributed by atoms with E-state index in [1.807, 2.05) is 85.8 Å². The van der Waals surface area contributed by atoms with Crippen LogP contribution in [0.5, 0.6) is 0 Å². The number of hydrogen-bond donors (Lipinski definition) is 2. The van der Waals surface area contributed by atoms with Crippen LogP contribution in [0.3, 0.4) is 0 Å². The Hall–Kier alpha value is -4.69. The van der Waals surface area contributed by atoms with E-state index in [0.29, 0.717) is 24.4 Å². The van der Waals surface area contributed by atoms with Crippen LogP contribution < -0.4 is 20.9 Å². The molecular formula is C39H40ClFN4O3. The fourth-order valence-corrected chi connectivity index (χ4v) is 6.90. The Bertz CT molecular complexity index is 1800. The summed E-state index contributed by atoms with van der Waals surface area (Å²) < 4.78 is 13.9. The highest BCUT2D eigenvalue weighted by Crippen LogP contribution is 2.40. The number of nitrogens with zero attached hydrogens (tertiary/aromatic N) is 2. The molecular weight excluding hydrogens is 627 g/mol. The maximum atomic E-state index is 14.7. The minimum atomic E-state index is -0.916. The second-order valence-corrected chi connectivity index (χ2v) is 13.2. The zero-order valence-electron chi connectivity index (χ0n) is 26.9. The molecule has 1 aliphatic carbocycles. The quantitative estimate of drug-likeness (QED) is 0.163. The highest BCUT2D eigenvalue weighted by molar-refractivity contribution is 6.31. The third kappa shape index (κ3) is 7.39. The first-order valence-electron chi connectivity index (χ1n) is 16.6. The lowest BCUT2D eigenvalue weighted by atomic mass is 9.83. The Morgan fingerprint density at radius 1 is 0.917 bits per heavy atom. The summed E-state index contributed by atoms with van der Waals surface area (Å²) in [7, 11) is 0. The number of carbonyl (C=O) groups is 3. The minimum Gasteiger partial charge on any atom is -0.369 e. The predicted octanol–water partition coefficient (Wildman–Crippen LogP) is 7.63. The molecule has 3 amide bonds. The van der Waals surface area contributed by atoms with Crippen molar-refractivity contribution in [3.05, 3.63) is 113 Å². The largest absolute Gasteiger partial charge is 0.369 e. The number of primary amides is 1. The Kier molecular flexibility index (Phi) is 10.1. The molecule has 0 aromatic heterocycles. The summed E-state index contributed by atoms with van der Waals surface area (Å²) >= 11 is 6.09. The van der Waals surface area contributed by atoms with Crippen molar-refractivity contribution in [1.29, 1.82) is 0 Å². The van der Waals surface area contributed by atoms with Crippen molar-refractivity contribution in [3.8, 4) is 11.1 Å². The van der Waals surface area contributed by atoms with Crippen molar-refractivity contribution in [1.82, 2.24) is 5.32 Å². The highest BCUT2D eigenvalue weighted by Gasteiger charge is 2.40. The van der Waals surface area contributed by atoms with Gasteiger partial charge in [0, 0.05) is 17.5 Å². The summed E-state index contributed by atoms with van der Waals surface area (Å²) in [5.74, 6) is -2.37. The molecule has 3 N–H and O–H groups in total. The van der Waals surface area contributed by atoms with Crippen molar-refractivity contribution in [2.24, 2.45) is 23.5 Å². The number of nitrogens with one attached hydrogen (secondary N) is 1. The van der Waals surface area contributed by atoms with Crippen LogP contribution in [0, 0.1) is 23.6 Å². The molecule has 1 fully saturated rings. The zero-order chi connectivity index (χ0) is 33.8. The van der Waals surface area contributed by atoms with Crippen LogP contribution >= 0.6 is 11.6 Å². The molecule has 3 atom stereocenters. The van der Waals surface area contributed by atoms with Crippen LogP contribution in [0.25, 0.3) is 11.1 Å². The fraction of sp³-hybridized carbons (Fsp3) is 0.308. The SMILES string of the molecule is CCC[C@H](C(N)=O)[C@@H](CC1CC1)C(=O)NC1CN(c2ccccc2)c2ccccc2N(Cc2cccc(-c3ccc(F)c(Cl)c3)c2)C1=O. The van der Waals surface area contributed by atoms with Gasteiger partial charge >= 0.3 is 0 Å². The number of nitrogens with two attached hydrogens (primary N) is 1. The van der Waals surface area contributed by atoms with E-state index in [1.165, 1.54) is 6.07 Å². The van der Waals surface area contributed by atoms with Crippen molar-refractivity contribution < 1.29 is 18.8 Å². The fourth-order valence-electron chi connectivity index (χ4n) is 6.72. The second kappa shape index (κ2) is 14.6. The van der Waals surface area contributed by atoms with Gasteiger partial charge in [-0.05, 0) is 77.9 Å². The number of halogens is 2. The number of anilines is 3. The van der Waals surface area contributed by atoms with Gasteiger partial charge in [0.2, 0.25) is 11.8 Å². The van der Waals surface area contributed by atoms with Crippen LogP contribution in [0.2, 0.25) is 5.02 Å². The molecule has 1 aliphatic heterocycles. The first-order valence-corrected chi connectivity index (χ1v) is 17.0. The van der Waals surface area contributed by atoms with Gasteiger partial charge in [0.25, 0.3) is 5.91 Å². The molecule has 4 aromatic rings. The molecule has 0 bridgehead atoms. The third-order valence-corrected chi connectivity index (χ3v) is 9.66. The van der Waals surface area contributed by atoms with Crippen LogP contribution in [-0.2, 0) is 20.9 Å². The lowest BCUT2D eigenvalue weighted by Gasteiger charge is -2.29. The molecule has 7 nitrogen and oxygen atoms in total. The van der Waals surface area contributed by atoms with Crippen molar-refractivity contribution in [3.63, 3.8) is 0 Å². The van der Waals surface area contributed by atoms with E-state index in [4.69, 9.17) is 17.3 Å². The van der Waals surface area contributed by atoms with Gasteiger partial charge in [-0.1, -0.05) is 92.4 Å². The number of fused-ring (bicyclic) bond motifs is 1. The van der Waals surface area contributed by atoms with Crippen LogP contribution in [0.1, 0.15) is 44.6 Å². The monoisotopic (exact) mass is 666 g/mol. The van der Waals surface area contributed by atoms with E-state index in [2.05, 4.69) is 10.2 Å². The average Bonchev–Trinajstić information content (AvgIpc) is 3.93. The lowest BCUT2D eigenvalue weighted by Crippen LogP contribution is -2.54. The Labute approximate surface area is 285 Å². The highest BCUT2D eigenvalue weighted by atomic mass is 35.5. The molecule has 0 saturated heterocycles. The van der Waals surface area contributed by atoms with Crippen LogP contribution in [0.4, 0.5) is 21.5 Å². The predicted molar refractivity (Wildman–Crippen MR) is 188 cm³/mol. The Morgan fingerprint density at radius 3 is 2.31 bits per heavy atom. The normalized spacial score (nSPS) is 17.3. The maximum Gasteiger partial charge on any atom is 0.251 e. The summed E-state index contributed by atoms with van der Waals surface area (Å²) in [6, 6.07) is 28.9. The van der Waals surface area contributed by atoms with Gasteiger partial charge in [-0.25, -0.2) is 4.39 Å². The van der Waals surface area contributed by atoms with Gasteiger partial charge in [0.05, 0.1) is 29.5 Å². The molecule has 0 spiro atoms. The van der Waals surface area contributed by atoms with E-state index in [1.54, 1.807) is 17.0 Å². The summed E-state index contributed by atoms with van der Waals surface area (Å²) in [6.45, 7) is 2.39. The number of rotatable bonds is 12. The van der Waals surface area contributed by atoms with Crippen molar-refractivity contribution >= 4 is 46.4 Å². The van der Waals surface area contributed by atoms with Gasteiger partial charge in [0.1, 0.15) is 11.9 Å². The number of para-hydroxylation sites is 3. The smallest absolute Gasteiger partial charge is 0.251 e. The van der Waals surface area contributed by atoms with E-state index in [9.17, 15) is 18.8 Å². The maximum absolute atomic E-state index is 14.7. The summed E-state index contributed by atoms with van der Waals surface area (Å²) in [6.07, 6.45) is 3.86. The van der Waals surface area contributed by atoms with Gasteiger partial charge in [0.15, 0.2) is 0 Å². The first-order chi connectivity index (χ1) is 23.2. The molecule has 1 saturated carbocycles. The average molecular weight is 667 g/mol. The molecule has 0 radical (unpaired) electrons. The van der Waals surface area contributed by atoms with Gasteiger partial charge in [-0.2, -0.15) is 0 Å². The van der Waals surface area contributed by atoms with Gasteiger partial charge in [-0.15, -0.1) is 0 Å². The van der Waals surface area contributed by atoms with Crippen molar-refractivity contribution in [2.75, 3.05) is 16.3 Å². The molecule has 4 aromatic carbocycles. The van der Waals surface area contributed by atoms with E-state index < -0.39 is 29.6 Å². The van der Waals surface area contributed by atoms with E-state index in [-0.39, 0.29) is 29.9 Å². The molecule has 248 valence electrons. The number of hydrogen-bond acceptors (Lipinski definition) is 4. The zero-order valence-corrected chi connectivity index (χ0v) is 27.7. The molecule has 48 heavy (non-hydrogen) atoms. The topological polar surface area (TPSA) is 95.7 Å². The standard InChI is InChI=1S/C39H40ClFN4O3/c1-2-9-30(37(42)46)31(21-25-16-17-25)38(47)43-34-24-44(29-12-4-3-5-13-29)35-14-6-7-15-36(35)45(39(34)48)23-26-10-8-11-27(20-26)28-18-19-33(41)32(40)22-28/h3-8,10-15,18-20,22,25,30-31,34H,2,9,16-17,21,23-24H2,1H3,(H2,42,46)(H,43,47)/t30-,31+,34?/m0/s1. The molecule has 9 heteroatoms. The Morgan fingerprint density at radius 2 is 1.62 bits per heavy atom. The van der Waals surface area contributed by atoms with Gasteiger partial charge < -0.3 is 20.9 Å². The first kappa shape index (κ1) is 33.2. The molecule has 1 unspecified atom stereocenters. The lowest BCUT2D eigenvalue weighted by molar-refractivity contribution is -0.135. The third-order valence-electron chi connectivity index (χ3n) is 9.37. The van der Waals surface area contributed by atoms with Crippen molar-refractivity contribution in [2.45, 2.75) is 51.6 Å². The summed E-state index contributed by atoms with van der Waals surface area (Å²) in [4.78, 5) is 45.2. The summed E-state index contributed by atoms with van der Waals surface area (Å²) in [5.41, 5.74) is 10.7. The molecule has 2 aliphatic rings.